The van der Waals surface area contributed by atoms with E-state index in [0.29, 0.717) is 0 Å². The van der Waals surface area contributed by atoms with Gasteiger partial charge in [0.15, 0.2) is 0 Å². The molecule has 0 aliphatic heterocycles. The number of aliphatic hydroxyl groups excluding tert-OH is 1. The average Bonchev–Trinajstić information content (AvgIpc) is 1.97. The summed E-state index contributed by atoms with van der Waals surface area (Å²) in [6.45, 7) is 7.05. The molecule has 0 fully saturated rings. The number of hydrogen-bond acceptors (Lipinski definition) is 3. The van der Waals surface area contributed by atoms with Crippen LogP contribution in [0.4, 0.5) is 0 Å². The van der Waals surface area contributed by atoms with Crippen molar-refractivity contribution in [2.75, 3.05) is 13.2 Å². The van der Waals surface area contributed by atoms with Crippen LogP contribution in [-0.2, 0) is 9.47 Å². The van der Waals surface area contributed by atoms with Crippen molar-refractivity contribution in [1.82, 2.24) is 0 Å². The molecule has 0 aliphatic carbocycles. The molecule has 3 nitrogen and oxygen atoms in total. The van der Waals surface area contributed by atoms with Crippen LogP contribution in [0.5, 0.6) is 0 Å². The quantitative estimate of drug-likeness (QED) is 0.557. The maximum atomic E-state index is 8.97. The molecule has 0 aromatic carbocycles. The molecule has 58 valence electrons. The molecule has 0 radical (unpaired) electrons. The van der Waals surface area contributed by atoms with Gasteiger partial charge in [0.25, 0.3) is 0 Å². The van der Waals surface area contributed by atoms with Crippen LogP contribution >= 0.6 is 0 Å². The zero-order chi connectivity index (χ0) is 7.82. The Morgan fingerprint density at radius 2 is 1.60 bits per heavy atom. The summed E-state index contributed by atoms with van der Waals surface area (Å²) in [5, 5.41) is 8.97. The molecule has 0 aromatic heterocycles. The summed E-state index contributed by atoms with van der Waals surface area (Å²) in [6.07, 6.45) is 1.94. The van der Waals surface area contributed by atoms with Crippen molar-refractivity contribution in [3.63, 3.8) is 0 Å². The van der Waals surface area contributed by atoms with Crippen LogP contribution in [0.2, 0.25) is 0 Å². The Hall–Kier alpha value is -0.960. The van der Waals surface area contributed by atoms with Crippen LogP contribution < -0.4 is 0 Å². The third-order valence-corrected chi connectivity index (χ3v) is 0.813. The van der Waals surface area contributed by atoms with Gasteiger partial charge in [-0.05, 0) is 0 Å². The lowest BCUT2D eigenvalue weighted by Crippen LogP contribution is -2.19. The van der Waals surface area contributed by atoms with Gasteiger partial charge in [-0.1, -0.05) is 13.2 Å². The first-order valence-electron chi connectivity index (χ1n) is 2.94. The molecule has 1 N–H and O–H groups in total. The van der Waals surface area contributed by atoms with Crippen LogP contribution in [0.1, 0.15) is 0 Å². The van der Waals surface area contributed by atoms with E-state index in [1.807, 2.05) is 0 Å². The van der Waals surface area contributed by atoms with Crippen molar-refractivity contribution in [1.29, 1.82) is 0 Å². The highest BCUT2D eigenvalue weighted by molar-refractivity contribution is 4.58. The minimum atomic E-state index is -0.615. The van der Waals surface area contributed by atoms with Gasteiger partial charge in [-0.25, -0.2) is 0 Å². The summed E-state index contributed by atoms with van der Waals surface area (Å²) in [4.78, 5) is 0. The van der Waals surface area contributed by atoms with Gasteiger partial charge in [0.05, 0.1) is 12.5 Å². The maximum absolute atomic E-state index is 8.97. The molecule has 0 saturated carbocycles. The van der Waals surface area contributed by atoms with Gasteiger partial charge in [0, 0.05) is 0 Å². The van der Waals surface area contributed by atoms with E-state index in [1.54, 1.807) is 0 Å². The van der Waals surface area contributed by atoms with E-state index in [9.17, 15) is 0 Å². The van der Waals surface area contributed by atoms with E-state index in [4.69, 9.17) is 14.6 Å². The second-order valence-electron chi connectivity index (χ2n) is 1.65. The minimum absolute atomic E-state index is 0.206. The van der Waals surface area contributed by atoms with E-state index in [0.717, 1.165) is 0 Å². The van der Waals surface area contributed by atoms with Crippen LogP contribution in [0.3, 0.4) is 0 Å². The Bertz CT molecular complexity index is 89.0. The van der Waals surface area contributed by atoms with Crippen molar-refractivity contribution < 1.29 is 14.6 Å². The predicted octanol–water partition coefficient (Wildman–Crippen LogP) is 0.667. The van der Waals surface area contributed by atoms with Crippen molar-refractivity contribution in [2.24, 2.45) is 0 Å². The summed E-state index contributed by atoms with van der Waals surface area (Å²) >= 11 is 0. The smallest absolute Gasteiger partial charge is 0.122 e. The van der Waals surface area contributed by atoms with Crippen molar-refractivity contribution >= 4 is 0 Å². The Balaban J connectivity index is 3.15. The number of aliphatic hydroxyl groups is 1. The fraction of sp³-hybridized carbons (Fsp3) is 0.429. The highest BCUT2D eigenvalue weighted by Crippen LogP contribution is 1.87. The molecule has 10 heavy (non-hydrogen) atoms. The first kappa shape index (κ1) is 9.04. The largest absolute Gasteiger partial charge is 0.499 e. The fourth-order valence-electron chi connectivity index (χ4n) is 0.406. The molecule has 0 saturated heterocycles. The second-order valence-corrected chi connectivity index (χ2v) is 1.65. The monoisotopic (exact) mass is 144 g/mol. The van der Waals surface area contributed by atoms with Gasteiger partial charge in [0.1, 0.15) is 19.3 Å². The van der Waals surface area contributed by atoms with E-state index in [1.165, 1.54) is 12.5 Å². The highest BCUT2D eigenvalue weighted by atomic mass is 16.5. The van der Waals surface area contributed by atoms with Gasteiger partial charge < -0.3 is 14.6 Å². The molecule has 0 aromatic rings. The lowest BCUT2D eigenvalue weighted by Gasteiger charge is -2.08. The summed E-state index contributed by atoms with van der Waals surface area (Å²) in [5.74, 6) is 0. The molecular formula is C7H12O3. The SMILES string of the molecule is C=COCC(O)COC=C. The van der Waals surface area contributed by atoms with Crippen molar-refractivity contribution in [3.05, 3.63) is 25.7 Å². The van der Waals surface area contributed by atoms with E-state index in [2.05, 4.69) is 13.2 Å². The average molecular weight is 144 g/mol. The van der Waals surface area contributed by atoms with Gasteiger partial charge >= 0.3 is 0 Å². The molecule has 0 amide bonds. The minimum Gasteiger partial charge on any atom is -0.499 e. The van der Waals surface area contributed by atoms with Gasteiger partial charge in [-0.3, -0.25) is 0 Å². The second kappa shape index (κ2) is 6.16. The third-order valence-electron chi connectivity index (χ3n) is 0.813. The van der Waals surface area contributed by atoms with Crippen LogP contribution in [-0.4, -0.2) is 24.4 Å². The van der Waals surface area contributed by atoms with Crippen LogP contribution in [0.25, 0.3) is 0 Å². The number of hydrogen-bond donors (Lipinski definition) is 1. The van der Waals surface area contributed by atoms with Gasteiger partial charge in [-0.15, -0.1) is 0 Å². The summed E-state index contributed by atoms with van der Waals surface area (Å²) in [7, 11) is 0. The highest BCUT2D eigenvalue weighted by Gasteiger charge is 2.01. The first-order chi connectivity index (χ1) is 4.81. The lowest BCUT2D eigenvalue weighted by molar-refractivity contribution is 0.0328. The van der Waals surface area contributed by atoms with Gasteiger partial charge in [0.2, 0.25) is 0 Å². The summed E-state index contributed by atoms with van der Waals surface area (Å²) in [5.41, 5.74) is 0. The zero-order valence-corrected chi connectivity index (χ0v) is 5.82. The summed E-state index contributed by atoms with van der Waals surface area (Å²) < 4.78 is 9.38. The normalized spacial score (nSPS) is 9.00. The molecule has 0 spiro atoms. The lowest BCUT2D eigenvalue weighted by atomic mass is 10.4. The Kier molecular flexibility index (Phi) is 5.57. The van der Waals surface area contributed by atoms with Crippen LogP contribution in [0.15, 0.2) is 25.7 Å². The van der Waals surface area contributed by atoms with Crippen molar-refractivity contribution in [3.8, 4) is 0 Å². The van der Waals surface area contributed by atoms with Crippen molar-refractivity contribution in [2.45, 2.75) is 6.10 Å². The number of ether oxygens (including phenoxy) is 2. The Morgan fingerprint density at radius 3 is 1.90 bits per heavy atom. The predicted molar refractivity (Wildman–Crippen MR) is 38.3 cm³/mol. The Labute approximate surface area is 60.6 Å². The molecule has 3 heteroatoms. The zero-order valence-electron chi connectivity index (χ0n) is 5.82. The third kappa shape index (κ3) is 5.18. The van der Waals surface area contributed by atoms with E-state index < -0.39 is 6.10 Å². The molecule has 0 bridgehead atoms. The molecule has 0 heterocycles. The number of rotatable bonds is 6. The maximum Gasteiger partial charge on any atom is 0.122 e. The molecule has 0 atom stereocenters. The Morgan fingerprint density at radius 1 is 1.20 bits per heavy atom. The van der Waals surface area contributed by atoms with Crippen LogP contribution in [0, 0.1) is 0 Å². The van der Waals surface area contributed by atoms with Gasteiger partial charge in [-0.2, -0.15) is 0 Å². The topological polar surface area (TPSA) is 38.7 Å². The summed E-state index contributed by atoms with van der Waals surface area (Å²) in [6, 6.07) is 0. The van der Waals surface area contributed by atoms with E-state index in [-0.39, 0.29) is 13.2 Å². The first-order valence-corrected chi connectivity index (χ1v) is 2.94. The fourth-order valence-corrected chi connectivity index (χ4v) is 0.406. The molecular weight excluding hydrogens is 132 g/mol. The standard InChI is InChI=1S/C7H12O3/c1-3-9-5-7(8)6-10-4-2/h3-4,7-8H,1-2,5-6H2. The molecule has 0 unspecified atom stereocenters. The molecule has 0 aliphatic rings. The van der Waals surface area contributed by atoms with E-state index >= 15 is 0 Å². The molecule has 0 rings (SSSR count).